The Labute approximate surface area is 175 Å². The first-order chi connectivity index (χ1) is 14.7. The predicted molar refractivity (Wildman–Crippen MR) is 110 cm³/mol. The lowest BCUT2D eigenvalue weighted by atomic mass is 10.1. The van der Waals surface area contributed by atoms with E-state index in [1.165, 1.54) is 0 Å². The van der Waals surface area contributed by atoms with Gasteiger partial charge < -0.3 is 24.3 Å². The van der Waals surface area contributed by atoms with Crippen LogP contribution in [0.1, 0.15) is 25.3 Å². The molecule has 0 spiro atoms. The molecule has 2 saturated heterocycles. The molecule has 1 aromatic carbocycles. The van der Waals surface area contributed by atoms with Crippen LogP contribution in [0.15, 0.2) is 30.7 Å². The van der Waals surface area contributed by atoms with Crippen molar-refractivity contribution in [2.24, 2.45) is 5.92 Å². The van der Waals surface area contributed by atoms with Crippen molar-refractivity contribution in [3.05, 3.63) is 36.3 Å². The number of nitrogens with one attached hydrogen (secondary N) is 1. The van der Waals surface area contributed by atoms with Crippen LogP contribution in [0.2, 0.25) is 0 Å². The van der Waals surface area contributed by atoms with E-state index in [-0.39, 0.29) is 17.9 Å². The Morgan fingerprint density at radius 1 is 1.43 bits per heavy atom. The monoisotopic (exact) mass is 405 g/mol. The zero-order valence-corrected chi connectivity index (χ0v) is 16.8. The molecule has 1 atom stereocenters. The van der Waals surface area contributed by atoms with Crippen molar-refractivity contribution in [2.45, 2.75) is 25.9 Å². The molecule has 2 aliphatic rings. The topological polar surface area (TPSA) is 92.4 Å². The molecule has 8 nitrogen and oxygen atoms in total. The minimum atomic E-state index is -0.0964. The Kier molecular flexibility index (Phi) is 5.87. The van der Waals surface area contributed by atoms with Crippen LogP contribution in [0, 0.1) is 29.2 Å². The van der Waals surface area contributed by atoms with Crippen LogP contribution in [0.5, 0.6) is 5.75 Å². The fourth-order valence-electron chi connectivity index (χ4n) is 3.35. The quantitative estimate of drug-likeness (QED) is 0.767. The molecule has 2 aliphatic heterocycles. The molecule has 0 saturated carbocycles. The number of rotatable bonds is 5. The molecular weight excluding hydrogens is 382 g/mol. The summed E-state index contributed by atoms with van der Waals surface area (Å²) < 4.78 is 12.8. The van der Waals surface area contributed by atoms with Crippen molar-refractivity contribution in [1.29, 1.82) is 5.26 Å². The number of anilines is 1. The number of carbonyl (C=O) groups is 1. The van der Waals surface area contributed by atoms with Gasteiger partial charge in [0.25, 0.3) is 0 Å². The number of carbonyl (C=O) groups excluding carboxylic acids is 1. The molecule has 1 N–H and O–H groups in total. The van der Waals surface area contributed by atoms with E-state index in [0.717, 1.165) is 25.1 Å². The summed E-state index contributed by atoms with van der Waals surface area (Å²) in [5.74, 6) is 3.90. The first-order valence-electron chi connectivity index (χ1n) is 10.0. The number of nitriles is 1. The molecule has 2 fully saturated rings. The molecule has 0 radical (unpaired) electrons. The lowest BCUT2D eigenvalue weighted by molar-refractivity contribution is -0.119. The second-order valence-electron chi connectivity index (χ2n) is 7.30. The molecule has 2 aromatic rings. The maximum atomic E-state index is 12.6. The number of amides is 1. The predicted octanol–water partition coefficient (Wildman–Crippen LogP) is 2.15. The average molecular weight is 405 g/mol. The molecule has 0 aliphatic carbocycles. The molecule has 3 heterocycles. The van der Waals surface area contributed by atoms with E-state index in [9.17, 15) is 10.1 Å². The summed E-state index contributed by atoms with van der Waals surface area (Å²) in [7, 11) is 0. The van der Waals surface area contributed by atoms with Crippen LogP contribution in [0.4, 0.5) is 5.82 Å². The highest BCUT2D eigenvalue weighted by molar-refractivity contribution is 5.92. The standard InChI is InChI=1S/C22H23N5O3/c1-2-3-7-26-8-6-17(11-26)22(28)25-21-12-27(15-24-21)18-5-4-16(10-23)20(9-18)30-19-13-29-14-19/h4-5,9,12,15,17,19H,2,6,8,11,13-14H2,1H3,(H,25,28)/t17-/m0/s1. The largest absolute Gasteiger partial charge is 0.484 e. The summed E-state index contributed by atoms with van der Waals surface area (Å²) in [6, 6.07) is 10.6. The Bertz CT molecular complexity index is 1030. The number of hydrogen-bond donors (Lipinski definition) is 1. The van der Waals surface area contributed by atoms with E-state index in [0.29, 0.717) is 36.9 Å². The molecule has 8 heteroatoms. The number of ether oxygens (including phenoxy) is 2. The first-order valence-corrected chi connectivity index (χ1v) is 10.0. The van der Waals surface area contributed by atoms with E-state index in [4.69, 9.17) is 9.47 Å². The molecular formula is C22H23N5O3. The van der Waals surface area contributed by atoms with Crippen molar-refractivity contribution in [3.8, 4) is 29.5 Å². The van der Waals surface area contributed by atoms with Gasteiger partial charge in [-0.3, -0.25) is 4.79 Å². The average Bonchev–Trinajstić information content (AvgIpc) is 3.38. The van der Waals surface area contributed by atoms with Gasteiger partial charge in [0, 0.05) is 31.6 Å². The van der Waals surface area contributed by atoms with Gasteiger partial charge in [-0.05, 0) is 18.6 Å². The molecule has 4 rings (SSSR count). The number of likely N-dealkylation sites (tertiary alicyclic amines) is 1. The van der Waals surface area contributed by atoms with Crippen molar-refractivity contribution >= 4 is 11.7 Å². The maximum absolute atomic E-state index is 12.6. The lowest BCUT2D eigenvalue weighted by Crippen LogP contribution is -2.38. The molecule has 1 amide bonds. The van der Waals surface area contributed by atoms with Gasteiger partial charge in [0.2, 0.25) is 5.91 Å². The van der Waals surface area contributed by atoms with E-state index >= 15 is 0 Å². The summed E-state index contributed by atoms with van der Waals surface area (Å²) in [6.07, 6.45) is 4.94. The normalized spacial score (nSPS) is 18.1. The minimum Gasteiger partial charge on any atom is -0.484 e. The number of benzene rings is 1. The fourth-order valence-corrected chi connectivity index (χ4v) is 3.35. The van der Waals surface area contributed by atoms with E-state index in [2.05, 4.69) is 28.3 Å². The summed E-state index contributed by atoms with van der Waals surface area (Å²) in [5.41, 5.74) is 1.26. The number of aromatic nitrogens is 2. The van der Waals surface area contributed by atoms with Gasteiger partial charge in [0.05, 0.1) is 36.6 Å². The SMILES string of the molecule is CCC#CN1CC[C@H](C(=O)Nc2cn(-c3ccc(C#N)c(OC4COC4)c3)cn2)C1. The third kappa shape index (κ3) is 4.40. The van der Waals surface area contributed by atoms with Crippen molar-refractivity contribution in [2.75, 3.05) is 31.6 Å². The smallest absolute Gasteiger partial charge is 0.230 e. The van der Waals surface area contributed by atoms with Crippen LogP contribution in [-0.4, -0.2) is 52.8 Å². The third-order valence-corrected chi connectivity index (χ3v) is 5.09. The summed E-state index contributed by atoms with van der Waals surface area (Å²) >= 11 is 0. The first kappa shape index (κ1) is 19.8. The van der Waals surface area contributed by atoms with Gasteiger partial charge in [-0.1, -0.05) is 12.8 Å². The number of hydrogen-bond acceptors (Lipinski definition) is 6. The van der Waals surface area contributed by atoms with Crippen LogP contribution in [-0.2, 0) is 9.53 Å². The van der Waals surface area contributed by atoms with Gasteiger partial charge in [-0.15, -0.1) is 0 Å². The van der Waals surface area contributed by atoms with E-state index in [1.807, 2.05) is 17.9 Å². The highest BCUT2D eigenvalue weighted by Crippen LogP contribution is 2.25. The van der Waals surface area contributed by atoms with Gasteiger partial charge in [-0.25, -0.2) is 4.98 Å². The number of imidazole rings is 1. The number of nitrogens with zero attached hydrogens (tertiary/aromatic N) is 4. The van der Waals surface area contributed by atoms with Crippen LogP contribution >= 0.6 is 0 Å². The van der Waals surface area contributed by atoms with Crippen LogP contribution in [0.3, 0.4) is 0 Å². The zero-order chi connectivity index (χ0) is 20.9. The highest BCUT2D eigenvalue weighted by atomic mass is 16.6. The van der Waals surface area contributed by atoms with Gasteiger partial charge in [-0.2, -0.15) is 5.26 Å². The van der Waals surface area contributed by atoms with Crippen molar-refractivity contribution in [3.63, 3.8) is 0 Å². The Morgan fingerprint density at radius 3 is 3.03 bits per heavy atom. The molecule has 30 heavy (non-hydrogen) atoms. The van der Waals surface area contributed by atoms with Gasteiger partial charge >= 0.3 is 0 Å². The zero-order valence-electron chi connectivity index (χ0n) is 16.8. The van der Waals surface area contributed by atoms with Crippen LogP contribution < -0.4 is 10.1 Å². The van der Waals surface area contributed by atoms with E-state index in [1.54, 1.807) is 29.2 Å². The lowest BCUT2D eigenvalue weighted by Gasteiger charge is -2.27. The second-order valence-corrected chi connectivity index (χ2v) is 7.30. The third-order valence-electron chi connectivity index (χ3n) is 5.09. The van der Waals surface area contributed by atoms with E-state index < -0.39 is 0 Å². The second kappa shape index (κ2) is 8.89. The maximum Gasteiger partial charge on any atom is 0.230 e. The van der Waals surface area contributed by atoms with Crippen molar-refractivity contribution < 1.29 is 14.3 Å². The summed E-state index contributed by atoms with van der Waals surface area (Å²) in [4.78, 5) is 18.9. The molecule has 154 valence electrons. The molecule has 1 aromatic heterocycles. The summed E-state index contributed by atoms with van der Waals surface area (Å²) in [5, 5.41) is 12.2. The highest BCUT2D eigenvalue weighted by Gasteiger charge is 2.27. The van der Waals surface area contributed by atoms with Gasteiger partial charge in [0.15, 0.2) is 5.82 Å². The Balaban J connectivity index is 1.42. The molecule has 0 bridgehead atoms. The Morgan fingerprint density at radius 2 is 2.30 bits per heavy atom. The van der Waals surface area contributed by atoms with Crippen LogP contribution in [0.25, 0.3) is 5.69 Å². The summed E-state index contributed by atoms with van der Waals surface area (Å²) in [6.45, 7) is 4.51. The van der Waals surface area contributed by atoms with Crippen molar-refractivity contribution in [1.82, 2.24) is 14.5 Å². The fraction of sp³-hybridized carbons (Fsp3) is 0.409. The minimum absolute atomic E-state index is 0.0296. The Hall–Kier alpha value is -3.49. The van der Waals surface area contributed by atoms with Gasteiger partial charge in [0.1, 0.15) is 24.3 Å². The molecule has 0 unspecified atom stereocenters.